The Morgan fingerprint density at radius 3 is 2.57 bits per heavy atom. The molecule has 14 heavy (non-hydrogen) atoms. The second-order valence-corrected chi connectivity index (χ2v) is 4.14. The molecule has 0 saturated carbocycles. The Bertz CT molecular complexity index is 347. The third kappa shape index (κ3) is 2.70. The van der Waals surface area contributed by atoms with Crippen molar-refractivity contribution in [1.82, 2.24) is 0 Å². The van der Waals surface area contributed by atoms with Crippen LogP contribution in [0.4, 0.5) is 5.69 Å². The molecule has 1 aromatic rings. The van der Waals surface area contributed by atoms with Crippen molar-refractivity contribution in [2.45, 2.75) is 13.8 Å². The largest absolute Gasteiger partial charge is 0.392 e. The lowest BCUT2D eigenvalue weighted by molar-refractivity contribution is 1.05. The van der Waals surface area contributed by atoms with Gasteiger partial charge in [-0.05, 0) is 25.5 Å². The van der Waals surface area contributed by atoms with E-state index < -0.39 is 0 Å². The highest BCUT2D eigenvalue weighted by Crippen LogP contribution is 2.19. The van der Waals surface area contributed by atoms with Crippen molar-refractivity contribution >= 4 is 22.9 Å². The molecule has 3 heteroatoms. The number of likely N-dealkylation sites (N-methyl/N-ethyl adjacent to an activating group) is 1. The van der Waals surface area contributed by atoms with Gasteiger partial charge in [-0.2, -0.15) is 0 Å². The minimum absolute atomic E-state index is 0.521. The molecular weight excluding hydrogens is 192 g/mol. The van der Waals surface area contributed by atoms with E-state index in [2.05, 4.69) is 36.9 Å². The first-order chi connectivity index (χ1) is 6.50. The highest BCUT2D eigenvalue weighted by Gasteiger charge is 2.04. The zero-order valence-electron chi connectivity index (χ0n) is 8.87. The number of nitrogens with two attached hydrogens (primary N) is 1. The second kappa shape index (κ2) is 4.42. The molecule has 0 radical (unpaired) electrons. The minimum atomic E-state index is 0.521. The van der Waals surface area contributed by atoms with Crippen LogP contribution in [0.15, 0.2) is 18.2 Å². The number of nitrogens with zero attached hydrogens (tertiary/aromatic N) is 1. The topological polar surface area (TPSA) is 29.3 Å². The Balaban J connectivity index is 2.90. The van der Waals surface area contributed by atoms with E-state index in [1.54, 1.807) is 0 Å². The summed E-state index contributed by atoms with van der Waals surface area (Å²) in [6.45, 7) is 4.81. The molecule has 1 rings (SSSR count). The molecule has 0 aliphatic carbocycles. The summed E-state index contributed by atoms with van der Waals surface area (Å²) in [7, 11) is 2.00. The van der Waals surface area contributed by atoms with E-state index in [4.69, 9.17) is 18.0 Å². The molecule has 0 aromatic heterocycles. The molecule has 1 aromatic carbocycles. The van der Waals surface area contributed by atoms with E-state index in [1.165, 1.54) is 16.8 Å². The van der Waals surface area contributed by atoms with Crippen LogP contribution in [0.25, 0.3) is 0 Å². The predicted molar refractivity (Wildman–Crippen MR) is 66.0 cm³/mol. The van der Waals surface area contributed by atoms with Gasteiger partial charge in [-0.3, -0.25) is 0 Å². The van der Waals surface area contributed by atoms with Crippen molar-refractivity contribution < 1.29 is 0 Å². The van der Waals surface area contributed by atoms with E-state index >= 15 is 0 Å². The van der Waals surface area contributed by atoms with Gasteiger partial charge in [0.15, 0.2) is 0 Å². The smallest absolute Gasteiger partial charge is 0.0923 e. The first kappa shape index (κ1) is 11.0. The van der Waals surface area contributed by atoms with Crippen LogP contribution in [-0.4, -0.2) is 18.6 Å². The van der Waals surface area contributed by atoms with Gasteiger partial charge in [0.2, 0.25) is 0 Å². The molecule has 0 atom stereocenters. The third-order valence-corrected chi connectivity index (χ3v) is 2.29. The van der Waals surface area contributed by atoms with E-state index in [9.17, 15) is 0 Å². The summed E-state index contributed by atoms with van der Waals surface area (Å²) >= 11 is 4.88. The third-order valence-electron chi connectivity index (χ3n) is 2.16. The lowest BCUT2D eigenvalue weighted by Crippen LogP contribution is -2.29. The van der Waals surface area contributed by atoms with Crippen LogP contribution < -0.4 is 10.6 Å². The molecule has 76 valence electrons. The fourth-order valence-corrected chi connectivity index (χ4v) is 1.75. The number of aryl methyl sites for hydroxylation is 2. The normalized spacial score (nSPS) is 9.93. The van der Waals surface area contributed by atoms with E-state index in [1.807, 2.05) is 7.05 Å². The zero-order valence-corrected chi connectivity index (χ0v) is 9.69. The van der Waals surface area contributed by atoms with Crippen LogP contribution in [0.2, 0.25) is 0 Å². The molecule has 0 bridgehead atoms. The number of hydrogen-bond acceptors (Lipinski definition) is 2. The Labute approximate surface area is 90.7 Å². The number of thiocarbonyl (C=S) groups is 1. The van der Waals surface area contributed by atoms with Gasteiger partial charge >= 0.3 is 0 Å². The fourth-order valence-electron chi connectivity index (χ4n) is 1.55. The standard InChI is InChI=1S/C11H16N2S/c1-8-4-5-10(9(2)6-8)13(3)7-11(12)14/h4-6H,7H2,1-3H3,(H2,12,14). The minimum Gasteiger partial charge on any atom is -0.392 e. The highest BCUT2D eigenvalue weighted by molar-refractivity contribution is 7.80. The van der Waals surface area contributed by atoms with Crippen LogP contribution in [0.3, 0.4) is 0 Å². The fraction of sp³-hybridized carbons (Fsp3) is 0.364. The maximum Gasteiger partial charge on any atom is 0.0923 e. The van der Waals surface area contributed by atoms with Gasteiger partial charge in [0.1, 0.15) is 0 Å². The van der Waals surface area contributed by atoms with Crippen molar-refractivity contribution in [3.63, 3.8) is 0 Å². The summed E-state index contributed by atoms with van der Waals surface area (Å²) in [5, 5.41) is 0. The van der Waals surface area contributed by atoms with Gasteiger partial charge in [-0.1, -0.05) is 29.9 Å². The molecular formula is C11H16N2S. The quantitative estimate of drug-likeness (QED) is 0.771. The van der Waals surface area contributed by atoms with Crippen molar-refractivity contribution in [3.8, 4) is 0 Å². The molecule has 0 unspecified atom stereocenters. The van der Waals surface area contributed by atoms with Gasteiger partial charge < -0.3 is 10.6 Å². The summed E-state index contributed by atoms with van der Waals surface area (Å²) in [5.41, 5.74) is 9.21. The van der Waals surface area contributed by atoms with Crippen LogP contribution in [0.1, 0.15) is 11.1 Å². The monoisotopic (exact) mass is 208 g/mol. The maximum atomic E-state index is 5.50. The average molecular weight is 208 g/mol. The maximum absolute atomic E-state index is 5.50. The van der Waals surface area contributed by atoms with Crippen molar-refractivity contribution in [2.75, 3.05) is 18.5 Å². The van der Waals surface area contributed by atoms with Gasteiger partial charge in [-0.25, -0.2) is 0 Å². The molecule has 0 aliphatic rings. The Hall–Kier alpha value is -1.09. The van der Waals surface area contributed by atoms with Crippen molar-refractivity contribution in [3.05, 3.63) is 29.3 Å². The van der Waals surface area contributed by atoms with Gasteiger partial charge in [-0.15, -0.1) is 0 Å². The highest BCUT2D eigenvalue weighted by atomic mass is 32.1. The van der Waals surface area contributed by atoms with Crippen LogP contribution in [-0.2, 0) is 0 Å². The molecule has 0 saturated heterocycles. The molecule has 0 amide bonds. The Morgan fingerprint density at radius 2 is 2.07 bits per heavy atom. The summed E-state index contributed by atoms with van der Waals surface area (Å²) in [6.07, 6.45) is 0. The molecule has 0 fully saturated rings. The Kier molecular flexibility index (Phi) is 3.47. The van der Waals surface area contributed by atoms with Gasteiger partial charge in [0, 0.05) is 12.7 Å². The molecule has 2 nitrogen and oxygen atoms in total. The number of hydrogen-bond donors (Lipinski definition) is 1. The lowest BCUT2D eigenvalue weighted by atomic mass is 10.1. The number of benzene rings is 1. The molecule has 0 spiro atoms. The van der Waals surface area contributed by atoms with E-state index in [0.29, 0.717) is 11.5 Å². The molecule has 0 heterocycles. The SMILES string of the molecule is Cc1ccc(N(C)CC(N)=S)c(C)c1. The number of anilines is 1. The molecule has 0 aliphatic heterocycles. The molecule has 2 N–H and O–H groups in total. The number of rotatable bonds is 3. The van der Waals surface area contributed by atoms with Gasteiger partial charge in [0.25, 0.3) is 0 Å². The van der Waals surface area contributed by atoms with E-state index in [0.717, 1.165) is 0 Å². The van der Waals surface area contributed by atoms with Crippen LogP contribution >= 0.6 is 12.2 Å². The zero-order chi connectivity index (χ0) is 10.7. The van der Waals surface area contributed by atoms with Crippen LogP contribution in [0.5, 0.6) is 0 Å². The Morgan fingerprint density at radius 1 is 1.43 bits per heavy atom. The van der Waals surface area contributed by atoms with E-state index in [-0.39, 0.29) is 0 Å². The van der Waals surface area contributed by atoms with Crippen molar-refractivity contribution in [2.24, 2.45) is 5.73 Å². The average Bonchev–Trinajstić information content (AvgIpc) is 2.01. The first-order valence-electron chi connectivity index (χ1n) is 4.57. The second-order valence-electron chi connectivity index (χ2n) is 3.61. The summed E-state index contributed by atoms with van der Waals surface area (Å²) in [5.74, 6) is 0. The summed E-state index contributed by atoms with van der Waals surface area (Å²) < 4.78 is 0. The predicted octanol–water partition coefficient (Wildman–Crippen LogP) is 2.03. The lowest BCUT2D eigenvalue weighted by Gasteiger charge is -2.20. The first-order valence-corrected chi connectivity index (χ1v) is 4.98. The van der Waals surface area contributed by atoms with Crippen molar-refractivity contribution in [1.29, 1.82) is 0 Å². The van der Waals surface area contributed by atoms with Gasteiger partial charge in [0.05, 0.1) is 11.5 Å². The summed E-state index contributed by atoms with van der Waals surface area (Å²) in [4.78, 5) is 2.59. The summed E-state index contributed by atoms with van der Waals surface area (Å²) in [6, 6.07) is 6.35. The van der Waals surface area contributed by atoms with Crippen LogP contribution in [0, 0.1) is 13.8 Å².